The van der Waals surface area contributed by atoms with Crippen LogP contribution in [0.25, 0.3) is 0 Å². The first-order valence-electron chi connectivity index (χ1n) is 22.1. The molecule has 0 aromatic rings. The fourth-order valence-corrected chi connectivity index (χ4v) is 11.8. The Morgan fingerprint density at radius 2 is 1.23 bits per heavy atom. The zero-order chi connectivity index (χ0) is 44.7. The summed E-state index contributed by atoms with van der Waals surface area (Å²) in [5.41, 5.74) is -0.164. The van der Waals surface area contributed by atoms with Gasteiger partial charge in [-0.3, -0.25) is 14.4 Å². The van der Waals surface area contributed by atoms with Crippen LogP contribution in [0, 0.1) is 46.3 Å². The summed E-state index contributed by atoms with van der Waals surface area (Å²) in [4.78, 5) is 40.3. The van der Waals surface area contributed by atoms with Crippen molar-refractivity contribution in [2.24, 2.45) is 46.3 Å². The Morgan fingerprint density at radius 1 is 0.700 bits per heavy atom. The molecule has 0 saturated heterocycles. The van der Waals surface area contributed by atoms with Gasteiger partial charge in [0, 0.05) is 32.6 Å². The van der Waals surface area contributed by atoms with Gasteiger partial charge < -0.3 is 76.8 Å². The van der Waals surface area contributed by atoms with Crippen molar-refractivity contribution < 1.29 is 75.7 Å². The molecular formula is C42H75N3O15. The van der Waals surface area contributed by atoms with Crippen molar-refractivity contribution in [3.8, 4) is 0 Å². The monoisotopic (exact) mass is 862 g/mol. The molecule has 18 heteroatoms. The maximum atomic E-state index is 13.8. The summed E-state index contributed by atoms with van der Waals surface area (Å²) in [5.74, 6) is -0.145. The number of hydrogen-bond acceptors (Lipinski definition) is 15. The fourth-order valence-electron chi connectivity index (χ4n) is 11.8. The Bertz CT molecular complexity index is 1350. The summed E-state index contributed by atoms with van der Waals surface area (Å²) in [6.45, 7) is 5.15. The SMILES string of the molecule is C[C@H](CCC(=O)N(CCCNC(=O)[C@H](O)[C@@H](O)[C@H](O)[C@H](O)CO)CCCNC(=O)[C@H](O)[C@@H](O)[C@H](O)[C@H](O)CO)[C@H]1CCC2C3CC[C@@H]4C[C@H](O)CCC4(C)C3C[C@H](O)C21C. The first-order valence-corrected chi connectivity index (χ1v) is 22.1. The van der Waals surface area contributed by atoms with Crippen molar-refractivity contribution in [3.63, 3.8) is 0 Å². The van der Waals surface area contributed by atoms with Crippen LogP contribution in [0.15, 0.2) is 0 Å². The first-order chi connectivity index (χ1) is 28.2. The second-order valence-corrected chi connectivity index (χ2v) is 18.9. The van der Waals surface area contributed by atoms with Crippen LogP contribution in [0.5, 0.6) is 0 Å². The predicted molar refractivity (Wildman–Crippen MR) is 215 cm³/mol. The van der Waals surface area contributed by atoms with E-state index in [1.807, 2.05) is 0 Å². The van der Waals surface area contributed by atoms with Gasteiger partial charge in [0.25, 0.3) is 11.8 Å². The Morgan fingerprint density at radius 3 is 1.75 bits per heavy atom. The number of carbonyl (C=O) groups is 3. The highest BCUT2D eigenvalue weighted by atomic mass is 16.4. The number of hydrogen-bond donors (Lipinski definition) is 14. The molecule has 0 bridgehead atoms. The van der Waals surface area contributed by atoms with Crippen molar-refractivity contribution in [1.29, 1.82) is 0 Å². The third-order valence-corrected chi connectivity index (χ3v) is 15.5. The number of aliphatic hydroxyl groups is 12. The molecule has 18 atom stereocenters. The van der Waals surface area contributed by atoms with Crippen molar-refractivity contribution in [3.05, 3.63) is 0 Å². The number of carbonyl (C=O) groups excluding carboxylic acids is 3. The van der Waals surface area contributed by atoms with Crippen molar-refractivity contribution in [1.82, 2.24) is 15.5 Å². The van der Waals surface area contributed by atoms with Gasteiger partial charge in [-0.05, 0) is 117 Å². The summed E-state index contributed by atoms with van der Waals surface area (Å²) in [7, 11) is 0. The predicted octanol–water partition coefficient (Wildman–Crippen LogP) is -2.89. The smallest absolute Gasteiger partial charge is 0.251 e. The average Bonchev–Trinajstić information content (AvgIpc) is 3.61. The third kappa shape index (κ3) is 11.2. The maximum Gasteiger partial charge on any atom is 0.251 e. The topological polar surface area (TPSA) is 321 Å². The van der Waals surface area contributed by atoms with Crippen LogP contribution < -0.4 is 10.6 Å². The number of rotatable bonds is 22. The van der Waals surface area contributed by atoms with E-state index in [4.69, 9.17) is 10.2 Å². The highest BCUT2D eigenvalue weighted by Crippen LogP contribution is 2.68. The minimum atomic E-state index is -2.11. The van der Waals surface area contributed by atoms with Crippen molar-refractivity contribution >= 4 is 17.7 Å². The molecule has 4 aliphatic rings. The van der Waals surface area contributed by atoms with Crippen molar-refractivity contribution in [2.75, 3.05) is 39.4 Å². The van der Waals surface area contributed by atoms with Gasteiger partial charge in [0.2, 0.25) is 5.91 Å². The van der Waals surface area contributed by atoms with Crippen LogP contribution in [0.2, 0.25) is 0 Å². The second-order valence-electron chi connectivity index (χ2n) is 18.9. The third-order valence-electron chi connectivity index (χ3n) is 15.5. The summed E-state index contributed by atoms with van der Waals surface area (Å²) < 4.78 is 0. The van der Waals surface area contributed by atoms with Crippen LogP contribution in [0.1, 0.15) is 97.8 Å². The standard InChI is InChI=1S/C42H75N3O15/c1-22(26-9-10-27-25-8-7-23-18-24(48)12-13-41(23,2)28(25)19-31(51)42(26,27)3)6-11-32(52)45(16-4-14-43-39(59)37(57)35(55)33(53)29(49)20-46)17-5-15-44-40(60)38(58)36(56)34(54)30(50)21-47/h22-31,33-38,46-51,53-58H,4-21H2,1-3H3,(H,43,59)(H,44,60)/t22-,23-,24-,25?,26-,27?,28?,29-,30-,31+,33-,34-,35+,36+,37-,38-,41?,42?/m1/s1. The lowest BCUT2D eigenvalue weighted by Gasteiger charge is -2.62. The molecular weight excluding hydrogens is 786 g/mol. The molecule has 0 spiro atoms. The zero-order valence-electron chi connectivity index (χ0n) is 35.5. The van der Waals surface area contributed by atoms with E-state index in [9.17, 15) is 65.4 Å². The lowest BCUT2D eigenvalue weighted by molar-refractivity contribution is -0.175. The number of nitrogens with zero attached hydrogens (tertiary/aromatic N) is 1. The van der Waals surface area contributed by atoms with Gasteiger partial charge in [0.15, 0.2) is 12.2 Å². The molecule has 4 aliphatic carbocycles. The van der Waals surface area contributed by atoms with E-state index in [0.29, 0.717) is 30.1 Å². The van der Waals surface area contributed by atoms with E-state index < -0.39 is 80.0 Å². The van der Waals surface area contributed by atoms with Crippen LogP contribution in [-0.2, 0) is 14.4 Å². The van der Waals surface area contributed by atoms with E-state index in [1.165, 1.54) is 0 Å². The van der Waals surface area contributed by atoms with Gasteiger partial charge in [-0.1, -0.05) is 20.8 Å². The van der Waals surface area contributed by atoms with Gasteiger partial charge in [-0.2, -0.15) is 0 Å². The van der Waals surface area contributed by atoms with Gasteiger partial charge in [0.1, 0.15) is 36.6 Å². The minimum Gasteiger partial charge on any atom is -0.394 e. The molecule has 14 N–H and O–H groups in total. The molecule has 0 heterocycles. The summed E-state index contributed by atoms with van der Waals surface area (Å²) >= 11 is 0. The number of fused-ring (bicyclic) bond motifs is 5. The van der Waals surface area contributed by atoms with E-state index in [-0.39, 0.29) is 80.1 Å². The minimum absolute atomic E-state index is 0.0491. The summed E-state index contributed by atoms with van der Waals surface area (Å²) in [5, 5.41) is 124. The molecule has 348 valence electrons. The van der Waals surface area contributed by atoms with Gasteiger partial charge in [-0.15, -0.1) is 0 Å². The molecule has 0 aliphatic heterocycles. The molecule has 3 amide bonds. The lowest BCUT2D eigenvalue weighted by Crippen LogP contribution is -2.58. The normalized spacial score (nSPS) is 34.6. The molecule has 60 heavy (non-hydrogen) atoms. The zero-order valence-corrected chi connectivity index (χ0v) is 35.5. The second kappa shape index (κ2) is 22.0. The Kier molecular flexibility index (Phi) is 18.6. The molecule has 0 aromatic heterocycles. The molecule has 18 nitrogen and oxygen atoms in total. The van der Waals surface area contributed by atoms with Crippen molar-refractivity contribution in [2.45, 2.75) is 159 Å². The molecule has 0 radical (unpaired) electrons. The maximum absolute atomic E-state index is 13.8. The number of nitrogens with one attached hydrogen (secondary N) is 2. The average molecular weight is 862 g/mol. The Balaban J connectivity index is 1.35. The highest BCUT2D eigenvalue weighted by molar-refractivity contribution is 5.81. The van der Waals surface area contributed by atoms with Gasteiger partial charge in [0.05, 0.1) is 25.4 Å². The van der Waals surface area contributed by atoms with E-state index in [1.54, 1.807) is 4.90 Å². The molecule has 0 aromatic carbocycles. The summed E-state index contributed by atoms with van der Waals surface area (Å²) in [6.07, 6.45) is -7.85. The Labute approximate surface area is 353 Å². The Hall–Kier alpha value is -2.07. The molecule has 4 rings (SSSR count). The largest absolute Gasteiger partial charge is 0.394 e. The van der Waals surface area contributed by atoms with E-state index in [2.05, 4.69) is 31.4 Å². The summed E-state index contributed by atoms with van der Waals surface area (Å²) in [6, 6.07) is 0. The van der Waals surface area contributed by atoms with Crippen LogP contribution in [-0.4, -0.2) is 184 Å². The lowest BCUT2D eigenvalue weighted by atomic mass is 9.43. The number of amides is 3. The quantitative estimate of drug-likeness (QED) is 0.0486. The van der Waals surface area contributed by atoms with E-state index >= 15 is 0 Å². The molecule has 4 fully saturated rings. The van der Waals surface area contributed by atoms with Crippen LogP contribution in [0.3, 0.4) is 0 Å². The number of aliphatic hydroxyl groups excluding tert-OH is 12. The molecule has 4 saturated carbocycles. The fraction of sp³-hybridized carbons (Fsp3) is 0.929. The first kappa shape index (κ1) is 50.6. The highest BCUT2D eigenvalue weighted by Gasteiger charge is 2.63. The van der Waals surface area contributed by atoms with E-state index in [0.717, 1.165) is 51.4 Å². The molecule has 5 unspecified atom stereocenters. The van der Waals surface area contributed by atoms with Gasteiger partial charge >= 0.3 is 0 Å². The van der Waals surface area contributed by atoms with Gasteiger partial charge in [-0.25, -0.2) is 0 Å². The van der Waals surface area contributed by atoms with Crippen LogP contribution >= 0.6 is 0 Å². The van der Waals surface area contributed by atoms with Crippen LogP contribution in [0.4, 0.5) is 0 Å².